The summed E-state index contributed by atoms with van der Waals surface area (Å²) in [4.78, 5) is 0. The van der Waals surface area contributed by atoms with Gasteiger partial charge < -0.3 is 9.31 Å². The van der Waals surface area contributed by atoms with Gasteiger partial charge in [-0.15, -0.1) is 0 Å². The summed E-state index contributed by atoms with van der Waals surface area (Å²) in [6.45, 7) is 11.8. The number of hydrogen-bond donors (Lipinski definition) is 0. The van der Waals surface area contributed by atoms with Gasteiger partial charge in [0.05, 0.1) is 11.2 Å². The van der Waals surface area contributed by atoms with Crippen LogP contribution in [0, 0.1) is 11.3 Å². The first-order valence-corrected chi connectivity index (χ1v) is 11.7. The standard InChI is InChI=1S/C18H27BO2Si/c1-16(2)14-11-12-17(3)18(16,13-14)21-19(20-17)22(4,5)15-9-7-6-8-10-15/h6-10,14H,11-13H2,1-5H3/t14?,17?,18-/m1/s1. The van der Waals surface area contributed by atoms with E-state index >= 15 is 0 Å². The highest BCUT2D eigenvalue weighted by Gasteiger charge is 2.77. The van der Waals surface area contributed by atoms with Gasteiger partial charge in [0.2, 0.25) is 0 Å². The van der Waals surface area contributed by atoms with Gasteiger partial charge in [-0.25, -0.2) is 0 Å². The summed E-state index contributed by atoms with van der Waals surface area (Å²) in [6, 6.07) is 10.8. The lowest BCUT2D eigenvalue weighted by atomic mass is 9.41. The van der Waals surface area contributed by atoms with Gasteiger partial charge in [-0.05, 0) is 37.5 Å². The zero-order valence-electron chi connectivity index (χ0n) is 14.5. The SMILES string of the molecule is CC12CCC3C[C@@]1(OB([Si](C)(C)c1ccccc1)O2)C3(C)C. The van der Waals surface area contributed by atoms with Crippen LogP contribution in [0.4, 0.5) is 0 Å². The zero-order valence-corrected chi connectivity index (χ0v) is 15.5. The summed E-state index contributed by atoms with van der Waals surface area (Å²) in [5, 5.41) is 1.42. The zero-order chi connectivity index (χ0) is 15.8. The molecule has 1 saturated heterocycles. The van der Waals surface area contributed by atoms with Gasteiger partial charge in [-0.2, -0.15) is 0 Å². The molecule has 5 rings (SSSR count). The number of hydrogen-bond acceptors (Lipinski definition) is 2. The lowest BCUT2D eigenvalue weighted by molar-refractivity contribution is -0.257. The molecule has 2 bridgehead atoms. The normalized spacial score (nSPS) is 39.3. The summed E-state index contributed by atoms with van der Waals surface area (Å²) >= 11 is 0. The lowest BCUT2D eigenvalue weighted by Gasteiger charge is -2.69. The van der Waals surface area contributed by atoms with E-state index in [0.717, 1.165) is 12.3 Å². The maximum absolute atomic E-state index is 6.80. The molecule has 1 heterocycles. The third-order valence-electron chi connectivity index (χ3n) is 7.20. The highest BCUT2D eigenvalue weighted by Crippen LogP contribution is 2.70. The van der Waals surface area contributed by atoms with Crippen LogP contribution in [0.15, 0.2) is 30.3 Å². The summed E-state index contributed by atoms with van der Waals surface area (Å²) in [6.07, 6.45) is 3.62. The molecule has 2 nitrogen and oxygen atoms in total. The van der Waals surface area contributed by atoms with Crippen molar-refractivity contribution in [3.8, 4) is 0 Å². The Labute approximate surface area is 135 Å². The average Bonchev–Trinajstić information content (AvgIpc) is 2.85. The molecule has 3 aliphatic carbocycles. The summed E-state index contributed by atoms with van der Waals surface area (Å²) in [5.41, 5.74) is 0.0809. The maximum Gasteiger partial charge on any atom is 0.438 e. The summed E-state index contributed by atoms with van der Waals surface area (Å²) in [5.74, 6) is 0.810. The molecule has 22 heavy (non-hydrogen) atoms. The topological polar surface area (TPSA) is 18.5 Å². The molecule has 3 saturated carbocycles. The highest BCUT2D eigenvalue weighted by atomic mass is 28.3. The van der Waals surface area contributed by atoms with E-state index in [1.807, 2.05) is 0 Å². The Balaban J connectivity index is 1.70. The summed E-state index contributed by atoms with van der Waals surface area (Å²) < 4.78 is 13.5. The van der Waals surface area contributed by atoms with Crippen LogP contribution in [-0.2, 0) is 9.31 Å². The second-order valence-corrected chi connectivity index (χ2v) is 13.4. The first-order valence-electron chi connectivity index (χ1n) is 8.64. The first kappa shape index (κ1) is 15.0. The number of benzene rings is 1. The predicted molar refractivity (Wildman–Crippen MR) is 93.7 cm³/mol. The van der Waals surface area contributed by atoms with Crippen LogP contribution in [0.5, 0.6) is 0 Å². The van der Waals surface area contributed by atoms with Crippen molar-refractivity contribution in [1.82, 2.24) is 0 Å². The van der Waals surface area contributed by atoms with Gasteiger partial charge in [-0.3, -0.25) is 0 Å². The Morgan fingerprint density at radius 1 is 1.09 bits per heavy atom. The number of fused-ring (bicyclic) bond motifs is 1. The van der Waals surface area contributed by atoms with E-state index in [1.54, 1.807) is 0 Å². The quantitative estimate of drug-likeness (QED) is 0.777. The van der Waals surface area contributed by atoms with Crippen LogP contribution in [0.1, 0.15) is 40.0 Å². The predicted octanol–water partition coefficient (Wildman–Crippen LogP) is 3.55. The molecular weight excluding hydrogens is 287 g/mol. The average molecular weight is 314 g/mol. The molecule has 1 spiro atoms. The molecule has 0 amide bonds. The molecule has 4 aliphatic rings. The second kappa shape index (κ2) is 4.28. The fourth-order valence-electron chi connectivity index (χ4n) is 5.30. The lowest BCUT2D eigenvalue weighted by Crippen LogP contribution is -2.73. The minimum absolute atomic E-state index is 0.0294. The van der Waals surface area contributed by atoms with E-state index in [1.165, 1.54) is 18.0 Å². The Morgan fingerprint density at radius 2 is 1.77 bits per heavy atom. The largest absolute Gasteiger partial charge is 0.438 e. The molecule has 118 valence electrons. The fourth-order valence-corrected chi connectivity index (χ4v) is 7.67. The third-order valence-corrected chi connectivity index (χ3v) is 10.4. The van der Waals surface area contributed by atoms with Crippen LogP contribution >= 0.6 is 0 Å². The molecule has 0 N–H and O–H groups in total. The number of rotatable bonds is 2. The van der Waals surface area contributed by atoms with Crippen molar-refractivity contribution in [2.75, 3.05) is 0 Å². The van der Waals surface area contributed by atoms with E-state index in [-0.39, 0.29) is 23.3 Å². The van der Waals surface area contributed by atoms with E-state index in [2.05, 4.69) is 64.2 Å². The molecule has 1 aliphatic heterocycles. The second-order valence-electron chi connectivity index (χ2n) is 8.87. The Kier molecular flexibility index (Phi) is 2.91. The van der Waals surface area contributed by atoms with Crippen LogP contribution < -0.4 is 5.19 Å². The molecule has 0 aromatic heterocycles. The van der Waals surface area contributed by atoms with Crippen LogP contribution in [0.3, 0.4) is 0 Å². The van der Waals surface area contributed by atoms with E-state index in [4.69, 9.17) is 9.31 Å². The van der Waals surface area contributed by atoms with Crippen molar-refractivity contribution in [2.45, 2.75) is 64.3 Å². The van der Waals surface area contributed by atoms with Gasteiger partial charge in [0, 0.05) is 0 Å². The summed E-state index contributed by atoms with van der Waals surface area (Å²) in [7, 11) is -1.81. The first-order chi connectivity index (χ1) is 10.2. The Morgan fingerprint density at radius 3 is 2.36 bits per heavy atom. The van der Waals surface area contributed by atoms with Crippen molar-refractivity contribution < 1.29 is 9.31 Å². The third kappa shape index (κ3) is 1.59. The van der Waals surface area contributed by atoms with Crippen LogP contribution in [0.25, 0.3) is 0 Å². The van der Waals surface area contributed by atoms with Gasteiger partial charge in [-0.1, -0.05) is 62.5 Å². The van der Waals surface area contributed by atoms with Crippen LogP contribution in [0.2, 0.25) is 13.1 Å². The monoisotopic (exact) mass is 314 g/mol. The Hall–Kier alpha value is -0.578. The van der Waals surface area contributed by atoms with Gasteiger partial charge in [0.15, 0.2) is 0 Å². The van der Waals surface area contributed by atoms with E-state index in [9.17, 15) is 0 Å². The molecule has 1 aromatic carbocycles. The van der Waals surface area contributed by atoms with Crippen molar-refractivity contribution in [3.05, 3.63) is 30.3 Å². The molecule has 0 radical (unpaired) electrons. The maximum atomic E-state index is 6.80. The fraction of sp³-hybridized carbons (Fsp3) is 0.667. The highest BCUT2D eigenvalue weighted by molar-refractivity contribution is 7.33. The van der Waals surface area contributed by atoms with Crippen molar-refractivity contribution in [2.24, 2.45) is 11.3 Å². The van der Waals surface area contributed by atoms with Gasteiger partial charge >= 0.3 is 6.71 Å². The molecule has 2 unspecified atom stereocenters. The van der Waals surface area contributed by atoms with Crippen molar-refractivity contribution >= 4 is 19.8 Å². The molecular formula is C18H27BO2Si. The minimum Gasteiger partial charge on any atom is -0.406 e. The molecule has 1 aromatic rings. The molecule has 4 fully saturated rings. The van der Waals surface area contributed by atoms with Crippen LogP contribution in [-0.4, -0.2) is 25.9 Å². The van der Waals surface area contributed by atoms with E-state index in [0.29, 0.717) is 0 Å². The molecule has 3 atom stereocenters. The van der Waals surface area contributed by atoms with Crippen molar-refractivity contribution in [1.29, 1.82) is 0 Å². The van der Waals surface area contributed by atoms with Gasteiger partial charge in [0.25, 0.3) is 0 Å². The van der Waals surface area contributed by atoms with E-state index < -0.39 is 7.94 Å². The minimum atomic E-state index is -1.81. The smallest absolute Gasteiger partial charge is 0.406 e. The van der Waals surface area contributed by atoms with Gasteiger partial charge in [0.1, 0.15) is 7.94 Å². The van der Waals surface area contributed by atoms with Crippen molar-refractivity contribution in [3.63, 3.8) is 0 Å². The Bertz CT molecular complexity index is 602. The molecule has 4 heteroatoms.